The van der Waals surface area contributed by atoms with Crippen molar-refractivity contribution in [2.45, 2.75) is 0 Å². The molecule has 3 heteroatoms. The first-order valence-corrected chi connectivity index (χ1v) is 4.09. The molecule has 0 aliphatic heterocycles. The van der Waals surface area contributed by atoms with E-state index in [1.165, 1.54) is 0 Å². The Kier molecular flexibility index (Phi) is 2.65. The molecule has 0 aliphatic carbocycles. The maximum Gasteiger partial charge on any atom is 0.116 e. The zero-order chi connectivity index (χ0) is 9.14. The van der Waals surface area contributed by atoms with E-state index in [9.17, 15) is 0 Å². The topological polar surface area (TPSA) is 32.6 Å². The SMILES string of the molecule is C=Nc1ccc(O)cc1C(=C)Br. The Labute approximate surface area is 79.4 Å². The van der Waals surface area contributed by atoms with Crippen LogP contribution in [-0.2, 0) is 0 Å². The number of phenolic OH excluding ortho intramolecular Hbond substituents is 1. The van der Waals surface area contributed by atoms with Crippen molar-refractivity contribution in [2.75, 3.05) is 0 Å². The zero-order valence-corrected chi connectivity index (χ0v) is 8.00. The van der Waals surface area contributed by atoms with E-state index in [1.807, 2.05) is 0 Å². The van der Waals surface area contributed by atoms with Gasteiger partial charge in [0.2, 0.25) is 0 Å². The van der Waals surface area contributed by atoms with Crippen LogP contribution in [0.2, 0.25) is 0 Å². The predicted octanol–water partition coefficient (Wildman–Crippen LogP) is 3.09. The van der Waals surface area contributed by atoms with Gasteiger partial charge in [0.05, 0.1) is 5.69 Å². The molecule has 0 bridgehead atoms. The first-order chi connectivity index (χ1) is 5.65. The summed E-state index contributed by atoms with van der Waals surface area (Å²) in [6.07, 6.45) is 0. The van der Waals surface area contributed by atoms with Crippen molar-refractivity contribution in [3.8, 4) is 5.75 Å². The average molecular weight is 226 g/mol. The van der Waals surface area contributed by atoms with Gasteiger partial charge in [0.1, 0.15) is 5.75 Å². The van der Waals surface area contributed by atoms with Gasteiger partial charge < -0.3 is 5.11 Å². The first kappa shape index (κ1) is 9.00. The molecular formula is C9H8BrNO. The Morgan fingerprint density at radius 3 is 2.67 bits per heavy atom. The van der Waals surface area contributed by atoms with Crippen LogP contribution in [0.5, 0.6) is 5.75 Å². The van der Waals surface area contributed by atoms with Crippen LogP contribution in [0.4, 0.5) is 5.69 Å². The summed E-state index contributed by atoms with van der Waals surface area (Å²) in [5, 5.41) is 9.16. The standard InChI is InChI=1S/C9H8BrNO/c1-6(10)8-5-7(12)3-4-9(8)11-2/h3-5,12H,1-2H2. The van der Waals surface area contributed by atoms with Crippen LogP contribution in [0.3, 0.4) is 0 Å². The summed E-state index contributed by atoms with van der Waals surface area (Å²) in [5.41, 5.74) is 1.46. The second-order valence-electron chi connectivity index (χ2n) is 2.26. The van der Waals surface area contributed by atoms with E-state index in [-0.39, 0.29) is 5.75 Å². The highest BCUT2D eigenvalue weighted by atomic mass is 79.9. The molecule has 0 aliphatic rings. The fourth-order valence-electron chi connectivity index (χ4n) is 0.879. The number of aromatic hydroxyl groups is 1. The van der Waals surface area contributed by atoms with Crippen LogP contribution in [0.15, 0.2) is 29.8 Å². The van der Waals surface area contributed by atoms with Crippen molar-refractivity contribution in [1.82, 2.24) is 0 Å². The monoisotopic (exact) mass is 225 g/mol. The normalized spacial score (nSPS) is 9.42. The third-order valence-electron chi connectivity index (χ3n) is 1.44. The summed E-state index contributed by atoms with van der Waals surface area (Å²) in [5.74, 6) is 0.193. The molecule has 12 heavy (non-hydrogen) atoms. The molecule has 0 atom stereocenters. The van der Waals surface area contributed by atoms with Gasteiger partial charge in [-0.2, -0.15) is 0 Å². The molecular weight excluding hydrogens is 218 g/mol. The molecule has 1 aromatic carbocycles. The molecule has 2 nitrogen and oxygen atoms in total. The molecule has 0 heterocycles. The molecule has 0 saturated heterocycles. The van der Waals surface area contributed by atoms with Gasteiger partial charge in [-0.1, -0.05) is 22.5 Å². The van der Waals surface area contributed by atoms with Gasteiger partial charge in [-0.25, -0.2) is 0 Å². The molecule has 0 fully saturated rings. The third-order valence-corrected chi connectivity index (χ3v) is 1.87. The van der Waals surface area contributed by atoms with Crippen LogP contribution < -0.4 is 0 Å². The van der Waals surface area contributed by atoms with Crippen LogP contribution >= 0.6 is 15.9 Å². The molecule has 0 aromatic heterocycles. The van der Waals surface area contributed by atoms with E-state index >= 15 is 0 Å². The van der Waals surface area contributed by atoms with Crippen LogP contribution in [0.1, 0.15) is 5.56 Å². The van der Waals surface area contributed by atoms with Gasteiger partial charge in [-0.3, -0.25) is 4.99 Å². The minimum atomic E-state index is 0.193. The number of phenols is 1. The van der Waals surface area contributed by atoms with Gasteiger partial charge in [0, 0.05) is 10.0 Å². The van der Waals surface area contributed by atoms with Gasteiger partial charge in [-0.15, -0.1) is 0 Å². The smallest absolute Gasteiger partial charge is 0.116 e. The Morgan fingerprint density at radius 1 is 1.50 bits per heavy atom. The number of nitrogens with zero attached hydrogens (tertiary/aromatic N) is 1. The summed E-state index contributed by atoms with van der Waals surface area (Å²) in [6.45, 7) is 7.10. The number of hydrogen-bond acceptors (Lipinski definition) is 2. The van der Waals surface area contributed by atoms with E-state index in [1.54, 1.807) is 18.2 Å². The van der Waals surface area contributed by atoms with E-state index in [0.717, 1.165) is 5.56 Å². The van der Waals surface area contributed by atoms with Gasteiger partial charge in [0.25, 0.3) is 0 Å². The summed E-state index contributed by atoms with van der Waals surface area (Å²) < 4.78 is 0.681. The molecule has 1 aromatic rings. The zero-order valence-electron chi connectivity index (χ0n) is 6.42. The number of halogens is 1. The van der Waals surface area contributed by atoms with Crippen LogP contribution in [0, 0.1) is 0 Å². The highest BCUT2D eigenvalue weighted by Gasteiger charge is 2.02. The second kappa shape index (κ2) is 3.54. The molecule has 1 N–H and O–H groups in total. The van der Waals surface area contributed by atoms with Crippen molar-refractivity contribution in [2.24, 2.45) is 4.99 Å². The summed E-state index contributed by atoms with van der Waals surface area (Å²) in [6, 6.07) is 4.83. The molecule has 0 spiro atoms. The lowest BCUT2D eigenvalue weighted by atomic mass is 10.1. The van der Waals surface area contributed by atoms with E-state index in [4.69, 9.17) is 5.11 Å². The highest BCUT2D eigenvalue weighted by Crippen LogP contribution is 2.31. The van der Waals surface area contributed by atoms with Gasteiger partial charge >= 0.3 is 0 Å². The molecule has 0 radical (unpaired) electrons. The van der Waals surface area contributed by atoms with E-state index in [2.05, 4.69) is 34.2 Å². The minimum absolute atomic E-state index is 0.193. The Bertz CT molecular complexity index is 333. The summed E-state index contributed by atoms with van der Waals surface area (Å²) in [4.78, 5) is 3.78. The van der Waals surface area contributed by atoms with Gasteiger partial charge in [-0.05, 0) is 24.9 Å². The summed E-state index contributed by atoms with van der Waals surface area (Å²) in [7, 11) is 0. The van der Waals surface area contributed by atoms with Crippen molar-refractivity contribution in [3.63, 3.8) is 0 Å². The van der Waals surface area contributed by atoms with Crippen molar-refractivity contribution < 1.29 is 5.11 Å². The lowest BCUT2D eigenvalue weighted by molar-refractivity contribution is 0.475. The number of hydrogen-bond donors (Lipinski definition) is 1. The van der Waals surface area contributed by atoms with Crippen molar-refractivity contribution >= 4 is 32.8 Å². The average Bonchev–Trinajstić information content (AvgIpc) is 2.04. The minimum Gasteiger partial charge on any atom is -0.508 e. The molecule has 0 amide bonds. The third kappa shape index (κ3) is 1.74. The maximum absolute atomic E-state index is 9.16. The van der Waals surface area contributed by atoms with Crippen molar-refractivity contribution in [1.29, 1.82) is 0 Å². The number of rotatable bonds is 2. The fourth-order valence-corrected chi connectivity index (χ4v) is 1.20. The molecule has 0 unspecified atom stereocenters. The summed E-state index contributed by atoms with van der Waals surface area (Å²) >= 11 is 3.21. The Morgan fingerprint density at radius 2 is 2.17 bits per heavy atom. The molecule has 0 saturated carbocycles. The van der Waals surface area contributed by atoms with Crippen molar-refractivity contribution in [3.05, 3.63) is 30.3 Å². The molecule has 62 valence electrons. The first-order valence-electron chi connectivity index (χ1n) is 3.29. The predicted molar refractivity (Wildman–Crippen MR) is 55.3 cm³/mol. The number of aliphatic imine (C=N–C) groups is 1. The van der Waals surface area contributed by atoms with E-state index in [0.29, 0.717) is 10.2 Å². The largest absolute Gasteiger partial charge is 0.508 e. The lowest BCUT2D eigenvalue weighted by Gasteiger charge is -2.02. The molecule has 1 rings (SSSR count). The Balaban J connectivity index is 3.30. The van der Waals surface area contributed by atoms with E-state index < -0.39 is 0 Å². The quantitative estimate of drug-likeness (QED) is 0.772. The van der Waals surface area contributed by atoms with Crippen LogP contribution in [-0.4, -0.2) is 11.8 Å². The maximum atomic E-state index is 9.16. The highest BCUT2D eigenvalue weighted by molar-refractivity contribution is 9.15. The van der Waals surface area contributed by atoms with Crippen LogP contribution in [0.25, 0.3) is 4.48 Å². The lowest BCUT2D eigenvalue weighted by Crippen LogP contribution is -1.76. The van der Waals surface area contributed by atoms with Gasteiger partial charge in [0.15, 0.2) is 0 Å². The number of benzene rings is 1. The second-order valence-corrected chi connectivity index (χ2v) is 3.22. The Hall–Kier alpha value is -1.09. The fraction of sp³-hybridized carbons (Fsp3) is 0.